The van der Waals surface area contributed by atoms with Gasteiger partial charge in [0.05, 0.1) is 17.6 Å². The van der Waals surface area contributed by atoms with Gasteiger partial charge in [-0.15, -0.1) is 0 Å². The Hall–Kier alpha value is -1.28. The number of sulfonamides is 1. The van der Waals surface area contributed by atoms with E-state index in [1.165, 1.54) is 4.31 Å². The largest absolute Gasteiger partial charge is 0.341 e. The average molecular weight is 300 g/mol. The van der Waals surface area contributed by atoms with E-state index in [4.69, 9.17) is 0 Å². The van der Waals surface area contributed by atoms with Crippen LogP contribution in [0.2, 0.25) is 0 Å². The molecule has 3 heterocycles. The fourth-order valence-electron chi connectivity index (χ4n) is 3.07. The quantitative estimate of drug-likeness (QED) is 0.754. The molecule has 2 saturated heterocycles. The van der Waals surface area contributed by atoms with Crippen LogP contribution in [0.3, 0.4) is 0 Å². The fraction of sp³-hybridized carbons (Fsp3) is 0.667. The molecule has 0 aliphatic carbocycles. The topological polar surface area (TPSA) is 66.4 Å². The van der Waals surface area contributed by atoms with Crippen LogP contribution in [0.25, 0.3) is 0 Å². The van der Waals surface area contributed by atoms with Gasteiger partial charge in [-0.25, -0.2) is 27.1 Å². The minimum Gasteiger partial charge on any atom is -0.341 e. The third-order valence-electron chi connectivity index (χ3n) is 4.18. The van der Waals surface area contributed by atoms with Gasteiger partial charge in [0.15, 0.2) is 5.82 Å². The van der Waals surface area contributed by atoms with Gasteiger partial charge >= 0.3 is 0 Å². The first-order chi connectivity index (χ1) is 9.48. The van der Waals surface area contributed by atoms with Gasteiger partial charge < -0.3 is 4.90 Å². The first-order valence-electron chi connectivity index (χ1n) is 6.66. The lowest BCUT2D eigenvalue weighted by atomic mass is 10.0. The molecule has 0 radical (unpaired) electrons. The maximum atomic E-state index is 12.8. The molecule has 0 amide bonds. The summed E-state index contributed by atoms with van der Waals surface area (Å²) >= 11 is 0. The van der Waals surface area contributed by atoms with Crippen LogP contribution in [0.1, 0.15) is 12.8 Å². The summed E-state index contributed by atoms with van der Waals surface area (Å²) in [6.07, 6.45) is 3.63. The SMILES string of the molecule is CN1C[C@H]2CCN(c3ncc(F)cn3)CC[C@H]2S1(=O)=O. The molecule has 8 heteroatoms. The van der Waals surface area contributed by atoms with Gasteiger partial charge in [-0.05, 0) is 18.8 Å². The molecular formula is C12H17FN4O2S. The Kier molecular flexibility index (Phi) is 3.37. The van der Waals surface area contributed by atoms with E-state index in [0.29, 0.717) is 32.0 Å². The van der Waals surface area contributed by atoms with Gasteiger partial charge in [-0.2, -0.15) is 0 Å². The lowest BCUT2D eigenvalue weighted by molar-refractivity contribution is 0.429. The Labute approximate surface area is 117 Å². The molecule has 2 atom stereocenters. The monoisotopic (exact) mass is 300 g/mol. The van der Waals surface area contributed by atoms with Crippen molar-refractivity contribution in [3.05, 3.63) is 18.2 Å². The van der Waals surface area contributed by atoms with Crippen molar-refractivity contribution in [2.45, 2.75) is 18.1 Å². The summed E-state index contributed by atoms with van der Waals surface area (Å²) < 4.78 is 38.7. The summed E-state index contributed by atoms with van der Waals surface area (Å²) in [5.41, 5.74) is 0. The Balaban J connectivity index is 1.78. The van der Waals surface area contributed by atoms with Crippen molar-refractivity contribution in [1.82, 2.24) is 14.3 Å². The summed E-state index contributed by atoms with van der Waals surface area (Å²) in [4.78, 5) is 9.88. The highest BCUT2D eigenvalue weighted by molar-refractivity contribution is 7.90. The molecule has 2 aliphatic rings. The zero-order valence-electron chi connectivity index (χ0n) is 11.2. The number of anilines is 1. The maximum Gasteiger partial charge on any atom is 0.225 e. The molecule has 6 nitrogen and oxygen atoms in total. The van der Waals surface area contributed by atoms with Gasteiger partial charge in [0.25, 0.3) is 0 Å². The van der Waals surface area contributed by atoms with E-state index in [9.17, 15) is 12.8 Å². The van der Waals surface area contributed by atoms with Gasteiger partial charge in [-0.1, -0.05) is 0 Å². The highest BCUT2D eigenvalue weighted by atomic mass is 32.2. The van der Waals surface area contributed by atoms with E-state index in [2.05, 4.69) is 9.97 Å². The van der Waals surface area contributed by atoms with Crippen molar-refractivity contribution in [2.24, 2.45) is 5.92 Å². The van der Waals surface area contributed by atoms with Crippen molar-refractivity contribution in [1.29, 1.82) is 0 Å². The Morgan fingerprint density at radius 3 is 2.60 bits per heavy atom. The number of aromatic nitrogens is 2. The second-order valence-corrected chi connectivity index (χ2v) is 7.65. The van der Waals surface area contributed by atoms with Crippen molar-refractivity contribution in [2.75, 3.05) is 31.6 Å². The molecule has 0 saturated carbocycles. The van der Waals surface area contributed by atoms with Crippen LogP contribution in [0, 0.1) is 11.7 Å². The predicted molar refractivity (Wildman–Crippen MR) is 72.3 cm³/mol. The average Bonchev–Trinajstić information content (AvgIpc) is 2.58. The highest BCUT2D eigenvalue weighted by Crippen LogP contribution is 2.33. The second kappa shape index (κ2) is 4.92. The van der Waals surface area contributed by atoms with Gasteiger partial charge in [-0.3, -0.25) is 0 Å². The zero-order valence-corrected chi connectivity index (χ0v) is 12.1. The number of halogens is 1. The summed E-state index contributed by atoms with van der Waals surface area (Å²) in [5, 5.41) is -0.307. The van der Waals surface area contributed by atoms with Gasteiger partial charge in [0.2, 0.25) is 16.0 Å². The predicted octanol–water partition coefficient (Wildman–Crippen LogP) is 0.476. The number of fused-ring (bicyclic) bond motifs is 1. The molecule has 2 aliphatic heterocycles. The molecule has 20 heavy (non-hydrogen) atoms. The van der Waals surface area contributed by atoms with Crippen LogP contribution in [0.4, 0.5) is 10.3 Å². The molecule has 0 unspecified atom stereocenters. The first kappa shape index (κ1) is 13.7. The molecule has 0 aromatic carbocycles. The van der Waals surface area contributed by atoms with Gasteiger partial charge in [0, 0.05) is 26.7 Å². The molecule has 1 aromatic heterocycles. The van der Waals surface area contributed by atoms with Crippen molar-refractivity contribution in [3.8, 4) is 0 Å². The van der Waals surface area contributed by atoms with E-state index in [1.807, 2.05) is 4.90 Å². The summed E-state index contributed by atoms with van der Waals surface area (Å²) in [6.45, 7) is 1.88. The van der Waals surface area contributed by atoms with Crippen molar-refractivity contribution >= 4 is 16.0 Å². The molecule has 0 N–H and O–H groups in total. The minimum atomic E-state index is -3.16. The number of hydrogen-bond acceptors (Lipinski definition) is 5. The van der Waals surface area contributed by atoms with Crippen LogP contribution in [0.5, 0.6) is 0 Å². The van der Waals surface area contributed by atoms with E-state index in [-0.39, 0.29) is 11.2 Å². The number of nitrogens with zero attached hydrogens (tertiary/aromatic N) is 4. The third-order valence-corrected chi connectivity index (χ3v) is 6.58. The first-order valence-corrected chi connectivity index (χ1v) is 8.16. The molecule has 2 fully saturated rings. The van der Waals surface area contributed by atoms with Crippen LogP contribution in [-0.4, -0.2) is 54.6 Å². The minimum absolute atomic E-state index is 0.162. The van der Waals surface area contributed by atoms with Crippen molar-refractivity contribution < 1.29 is 12.8 Å². The second-order valence-electron chi connectivity index (χ2n) is 5.39. The Bertz CT molecular complexity index is 592. The van der Waals surface area contributed by atoms with E-state index >= 15 is 0 Å². The van der Waals surface area contributed by atoms with Crippen LogP contribution >= 0.6 is 0 Å². The highest BCUT2D eigenvalue weighted by Gasteiger charge is 2.45. The van der Waals surface area contributed by atoms with E-state index in [1.54, 1.807) is 7.05 Å². The Morgan fingerprint density at radius 1 is 1.25 bits per heavy atom. The lowest BCUT2D eigenvalue weighted by Crippen LogP contribution is -2.30. The smallest absolute Gasteiger partial charge is 0.225 e. The normalized spacial score (nSPS) is 30.0. The standard InChI is InChI=1S/C12H17FN4O2S/c1-16-8-9-2-4-17(5-3-11(9)20(16,18)19)12-14-6-10(13)7-15-12/h6-7,9,11H,2-5,8H2,1H3/t9-,11-/m1/s1. The van der Waals surface area contributed by atoms with Crippen LogP contribution in [-0.2, 0) is 10.0 Å². The van der Waals surface area contributed by atoms with Gasteiger partial charge in [0.1, 0.15) is 0 Å². The molecule has 1 aromatic rings. The number of hydrogen-bond donors (Lipinski definition) is 0. The van der Waals surface area contributed by atoms with Crippen LogP contribution in [0.15, 0.2) is 12.4 Å². The third kappa shape index (κ3) is 2.26. The van der Waals surface area contributed by atoms with E-state index < -0.39 is 15.8 Å². The van der Waals surface area contributed by atoms with Crippen molar-refractivity contribution in [3.63, 3.8) is 0 Å². The number of rotatable bonds is 1. The fourth-order valence-corrected chi connectivity index (χ4v) is 5.05. The molecular weight excluding hydrogens is 283 g/mol. The molecule has 110 valence electrons. The maximum absolute atomic E-state index is 12.8. The molecule has 3 rings (SSSR count). The van der Waals surface area contributed by atoms with E-state index in [0.717, 1.165) is 18.8 Å². The molecule has 0 spiro atoms. The summed E-state index contributed by atoms with van der Waals surface area (Å²) in [5.74, 6) is 0.164. The van der Waals surface area contributed by atoms with Crippen LogP contribution < -0.4 is 4.90 Å². The Morgan fingerprint density at radius 2 is 1.90 bits per heavy atom. The molecule has 0 bridgehead atoms. The lowest BCUT2D eigenvalue weighted by Gasteiger charge is -2.20. The zero-order chi connectivity index (χ0) is 14.3. The summed E-state index contributed by atoms with van der Waals surface area (Å²) in [6, 6.07) is 0. The summed E-state index contributed by atoms with van der Waals surface area (Å²) in [7, 11) is -1.51.